The Balaban J connectivity index is 0.000000299. The maximum absolute atomic E-state index is 13.3. The Hall–Kier alpha value is -11.0. The van der Waals surface area contributed by atoms with Gasteiger partial charge in [-0.3, -0.25) is 27.8 Å². The maximum atomic E-state index is 13.3. The topological polar surface area (TPSA) is 290 Å². The van der Waals surface area contributed by atoms with Crippen LogP contribution in [0.3, 0.4) is 0 Å². The number of aromatic amines is 1. The van der Waals surface area contributed by atoms with Crippen LogP contribution >= 0.6 is 39.5 Å². The predicted molar refractivity (Wildman–Crippen MR) is 442 cm³/mol. The maximum Gasteiger partial charge on any atom is 1.00 e. The van der Waals surface area contributed by atoms with Crippen LogP contribution in [0.2, 0.25) is 0 Å². The molecular formula is C81H69BrF21N12NaO11S4. The van der Waals surface area contributed by atoms with Gasteiger partial charge in [-0.05, 0) is 132 Å². The monoisotopic (exact) mass is 2020 g/mol. The fourth-order valence-corrected chi connectivity index (χ4v) is 13.3. The molecule has 8 aromatic heterocycles. The molecule has 0 spiro atoms. The summed E-state index contributed by atoms with van der Waals surface area (Å²) in [6.07, 6.45) is -19.2. The van der Waals surface area contributed by atoms with Gasteiger partial charge in [-0.2, -0.15) is 52.7 Å². The average Bonchev–Trinajstić information content (AvgIpc) is 0.811. The van der Waals surface area contributed by atoms with E-state index in [-0.39, 0.29) is 145 Å². The molecule has 12 aromatic rings. The van der Waals surface area contributed by atoms with E-state index in [4.69, 9.17) is 15.6 Å². The van der Waals surface area contributed by atoms with Crippen molar-refractivity contribution >= 4 is 60.1 Å². The van der Waals surface area contributed by atoms with Crippen LogP contribution in [0, 0.1) is 0 Å². The molecule has 0 amide bonds. The minimum absolute atomic E-state index is 0. The number of benzene rings is 4. The normalized spacial score (nSPS) is 11.8. The van der Waals surface area contributed by atoms with Gasteiger partial charge in [0, 0.05) is 89.1 Å². The Bertz CT molecular complexity index is 6370. The summed E-state index contributed by atoms with van der Waals surface area (Å²) in [5, 5.41) is -0.330. The first-order valence-corrected chi connectivity index (χ1v) is 42.9. The third-order valence-corrected chi connectivity index (χ3v) is 20.4. The number of thioether (sulfide) groups is 2. The number of hydrogen-bond donors (Lipinski definition) is 1. The number of halogens is 22. The Labute approximate surface area is 773 Å². The Morgan fingerprint density at radius 3 is 1.02 bits per heavy atom. The van der Waals surface area contributed by atoms with Gasteiger partial charge >= 0.3 is 54.3 Å². The van der Waals surface area contributed by atoms with E-state index in [1.165, 1.54) is 127 Å². The molecular weight excluding hydrogens is 1950 g/mol. The van der Waals surface area contributed by atoms with Gasteiger partial charge in [0.15, 0.2) is 10.3 Å². The second-order valence-corrected chi connectivity index (χ2v) is 31.3. The zero-order valence-electron chi connectivity index (χ0n) is 70.9. The van der Waals surface area contributed by atoms with Gasteiger partial charge in [-0.25, -0.2) is 83.4 Å². The Morgan fingerprint density at radius 1 is 0.443 bits per heavy atom. The molecule has 0 radical (unpaired) electrons. The fourth-order valence-electron chi connectivity index (χ4n) is 11.2. The van der Waals surface area contributed by atoms with Crippen molar-refractivity contribution < 1.29 is 156 Å². The summed E-state index contributed by atoms with van der Waals surface area (Å²) >= 11 is 5.37. The number of nitrogens with one attached hydrogen (secondary N) is 1. The number of alkyl halides is 22. The van der Waals surface area contributed by atoms with Crippen molar-refractivity contribution in [2.24, 2.45) is 0 Å². The molecule has 12 rings (SSSR count). The van der Waals surface area contributed by atoms with Crippen molar-refractivity contribution in [2.45, 2.75) is 96.0 Å². The SMILES string of the molecule is COc1ccc(CBr)cc1C(F)(F)F.COc1ccc(Cn2cc(-c3cc(C(F)F)nc(S(C)(=O)=O)n3)ccc2=O)cc1C(F)(F)F.COc1ccc(Cn2cc(-c3cc(C(F)F)nc(S(C)=O)n3)ccc2=O)cc1C(F)(F)F.COc1ccc(Cn2cc(-c3cc(C(F)F)nc(SC)n3)ccc2=O)cc1C(F)(F)F.CSc1nc(-c2ccc(=O)[nH]c2)cc(C(F)F)n1.[2H]CF.[H-].[Na+]. The van der Waals surface area contributed by atoms with Gasteiger partial charge in [-0.15, -0.1) is 0 Å². The van der Waals surface area contributed by atoms with Crippen LogP contribution in [0.5, 0.6) is 23.0 Å². The number of aromatic nitrogens is 12. The van der Waals surface area contributed by atoms with E-state index in [1.807, 2.05) is 0 Å². The molecule has 1 atom stereocenters. The second-order valence-electron chi connectivity index (χ2n) is 26.0. The third kappa shape index (κ3) is 30.8. The molecule has 0 saturated carbocycles. The summed E-state index contributed by atoms with van der Waals surface area (Å²) in [6.45, 7) is -0.674. The van der Waals surface area contributed by atoms with E-state index >= 15 is 0 Å². The minimum Gasteiger partial charge on any atom is -1.00 e. The average molecular weight is 2020 g/mol. The van der Waals surface area contributed by atoms with Crippen LogP contribution in [0.25, 0.3) is 45.0 Å². The van der Waals surface area contributed by atoms with Crippen molar-refractivity contribution in [3.8, 4) is 68.0 Å². The third-order valence-electron chi connectivity index (χ3n) is 17.2. The van der Waals surface area contributed by atoms with Gasteiger partial charge in [0.05, 0.1) is 112 Å². The molecule has 1 unspecified atom stereocenters. The minimum atomic E-state index is -4.69. The van der Waals surface area contributed by atoms with E-state index in [2.05, 4.69) is 65.5 Å². The van der Waals surface area contributed by atoms with Crippen molar-refractivity contribution in [3.05, 3.63) is 279 Å². The summed E-state index contributed by atoms with van der Waals surface area (Å²) < 4.78 is 334. The Kier molecular flexibility index (Phi) is 39.1. The standard InChI is InChI=1S/C20H16F5N3O4S.C20H16F5N3O3S.C20H16F5N3O2S.C11H9F2N3OS.C9H8BrF3O.CH3F.Na.H/c1-32-16-5-3-11(7-13(16)20(23,24)25)9-28-10-12(4-6-17(28)29)14-8-15(18(21)22)27-19(26-14)33(2,30)31;1-31-16-5-3-11(7-13(16)20(23,24)25)9-28-10-12(4-6-17(28)29)14-8-15(18(21)22)27-19(26-14)32(2)30;1-30-16-5-3-11(7-13(16)20(23,24)25)9-28-10-12(4-6-17(28)29)14-8-15(18(21)22)27-19(26-14)31-2;1-18-11-15-7(4-8(16-11)10(12)13)6-2-3-9(17)14-5-6;1-14-8-3-2-6(5-10)4-7(8)9(11,12)13;1-2;;/h3-8,10,18H,9H2,1-2H3;3-8,10,18H,9H2,1-2H3;3-8,10,18H,9H2,1-2H3;2-5,10H,1H3,(H,14,17);2-4H,5H2,1H3;1H3;;/q;;;;;;+1;-1/i;;;;;1D;;. The first-order chi connectivity index (χ1) is 61.4. The van der Waals surface area contributed by atoms with Gasteiger partial charge in [-0.1, -0.05) is 63.7 Å². The molecule has 1 N–H and O–H groups in total. The zero-order chi connectivity index (χ0) is 97.5. The summed E-state index contributed by atoms with van der Waals surface area (Å²) in [5.41, 5.74) is -5.16. The van der Waals surface area contributed by atoms with E-state index < -0.39 is 139 Å². The van der Waals surface area contributed by atoms with E-state index in [0.29, 0.717) is 27.7 Å². The second kappa shape index (κ2) is 47.9. The van der Waals surface area contributed by atoms with Crippen molar-refractivity contribution in [2.75, 3.05) is 60.6 Å². The van der Waals surface area contributed by atoms with Crippen LogP contribution in [-0.2, 0) is 70.3 Å². The molecule has 0 aliphatic rings. The summed E-state index contributed by atoms with van der Waals surface area (Å²) in [6, 6.07) is 28.6. The molecule has 0 aliphatic carbocycles. The van der Waals surface area contributed by atoms with Crippen LogP contribution in [0.4, 0.5) is 92.2 Å². The first-order valence-electron chi connectivity index (χ1n) is 36.6. The van der Waals surface area contributed by atoms with Gasteiger partial charge < -0.3 is 39.1 Å². The molecule has 698 valence electrons. The molecule has 0 aliphatic heterocycles. The van der Waals surface area contributed by atoms with Crippen molar-refractivity contribution in [3.63, 3.8) is 0 Å². The molecule has 0 bridgehead atoms. The van der Waals surface area contributed by atoms with Crippen molar-refractivity contribution in [1.29, 1.82) is 0 Å². The molecule has 0 fully saturated rings. The quantitative estimate of drug-likeness (QED) is 0.0205. The summed E-state index contributed by atoms with van der Waals surface area (Å²) in [5.74, 6) is -1.23. The van der Waals surface area contributed by atoms with Crippen LogP contribution < -0.4 is 70.7 Å². The number of H-pyrrole nitrogens is 1. The molecule has 131 heavy (non-hydrogen) atoms. The summed E-state index contributed by atoms with van der Waals surface area (Å²) in [7, 11) is -2.19. The van der Waals surface area contributed by atoms with E-state index in [9.17, 15) is 124 Å². The van der Waals surface area contributed by atoms with Gasteiger partial charge in [0.2, 0.25) is 25.7 Å². The number of rotatable bonds is 23. The number of nitrogens with zero attached hydrogens (tertiary/aromatic N) is 11. The van der Waals surface area contributed by atoms with E-state index in [0.717, 1.165) is 115 Å². The molecule has 8 heterocycles. The molecule has 50 heteroatoms. The molecule has 23 nitrogen and oxygen atoms in total. The van der Waals surface area contributed by atoms with Crippen LogP contribution in [-0.4, -0.2) is 132 Å². The number of methoxy groups -OCH3 is 4. The zero-order valence-corrected chi connectivity index (χ0v) is 75.7. The fraction of sp³-hybridized carbons (Fsp3) is 0.259. The summed E-state index contributed by atoms with van der Waals surface area (Å²) in [4.78, 5) is 80.7. The number of hydrogen-bond acceptors (Lipinski definition) is 21. The number of pyridine rings is 4. The number of ether oxygens (including phenoxy) is 4. The molecule has 0 saturated heterocycles. The van der Waals surface area contributed by atoms with Crippen LogP contribution in [0.1, 0.15) is 95.8 Å². The Morgan fingerprint density at radius 2 is 0.733 bits per heavy atom. The first kappa shape index (κ1) is 107. The largest absolute Gasteiger partial charge is 1.00 e. The number of sulfone groups is 1. The van der Waals surface area contributed by atoms with Gasteiger partial charge in [0.25, 0.3) is 42.4 Å². The van der Waals surface area contributed by atoms with E-state index in [1.54, 1.807) is 18.6 Å². The van der Waals surface area contributed by atoms with Crippen molar-refractivity contribution in [1.82, 2.24) is 58.6 Å². The van der Waals surface area contributed by atoms with Crippen LogP contribution in [0.15, 0.2) is 210 Å². The van der Waals surface area contributed by atoms with Gasteiger partial charge in [0.1, 0.15) is 45.8 Å². The smallest absolute Gasteiger partial charge is 1.00 e. The predicted octanol–water partition coefficient (Wildman–Crippen LogP) is 16.6. The molecule has 4 aromatic carbocycles.